The number of anilines is 1. The van der Waals surface area contributed by atoms with E-state index in [0.717, 1.165) is 30.8 Å². The van der Waals surface area contributed by atoms with Gasteiger partial charge >= 0.3 is 0 Å². The fourth-order valence-corrected chi connectivity index (χ4v) is 3.08. The Balaban J connectivity index is 1.74. The smallest absolute Gasteiger partial charge is 0.253 e. The highest BCUT2D eigenvalue weighted by Gasteiger charge is 2.23. The number of hydrogen-bond donors (Lipinski definition) is 2. The third-order valence-electron chi connectivity index (χ3n) is 4.25. The first-order chi connectivity index (χ1) is 10.2. The summed E-state index contributed by atoms with van der Waals surface area (Å²) in [7, 11) is 0. The lowest BCUT2D eigenvalue weighted by Crippen LogP contribution is -2.41. The zero-order valence-electron chi connectivity index (χ0n) is 12.3. The molecule has 2 heterocycles. The molecular formula is C16H21N3O2. The van der Waals surface area contributed by atoms with E-state index in [-0.39, 0.29) is 11.8 Å². The number of benzene rings is 1. The van der Waals surface area contributed by atoms with E-state index in [1.807, 2.05) is 24.0 Å². The van der Waals surface area contributed by atoms with Gasteiger partial charge in [0.15, 0.2) is 0 Å². The van der Waals surface area contributed by atoms with Crippen LogP contribution in [0.2, 0.25) is 0 Å². The molecule has 3 rings (SSSR count). The number of hydrogen-bond acceptors (Lipinski definition) is 3. The highest BCUT2D eigenvalue weighted by atomic mass is 16.2. The predicted octanol–water partition coefficient (Wildman–Crippen LogP) is 1.40. The molecule has 2 N–H and O–H groups in total. The number of fused-ring (bicyclic) bond motifs is 1. The minimum absolute atomic E-state index is 0.00268. The first-order valence-corrected chi connectivity index (χ1v) is 7.63. The van der Waals surface area contributed by atoms with Crippen LogP contribution >= 0.6 is 0 Å². The molecule has 1 aromatic rings. The average Bonchev–Trinajstić information content (AvgIpc) is 3.11. The van der Waals surface area contributed by atoms with Crippen molar-refractivity contribution in [3.05, 3.63) is 29.3 Å². The summed E-state index contributed by atoms with van der Waals surface area (Å²) < 4.78 is 0. The molecule has 1 unspecified atom stereocenters. The Bertz CT molecular complexity index is 565. The topological polar surface area (TPSA) is 61.4 Å². The summed E-state index contributed by atoms with van der Waals surface area (Å²) >= 11 is 0. The Kier molecular flexibility index (Phi) is 3.92. The van der Waals surface area contributed by atoms with E-state index in [1.54, 1.807) is 6.07 Å². The Hall–Kier alpha value is -1.88. The molecule has 2 amide bonds. The second-order valence-electron chi connectivity index (χ2n) is 5.73. The normalized spacial score (nSPS) is 20.2. The molecule has 0 saturated carbocycles. The summed E-state index contributed by atoms with van der Waals surface area (Å²) in [6.45, 7) is 4.50. The van der Waals surface area contributed by atoms with Crippen molar-refractivity contribution >= 4 is 17.5 Å². The lowest BCUT2D eigenvalue weighted by atomic mass is 10.1. The molecule has 2 aliphatic heterocycles. The van der Waals surface area contributed by atoms with Gasteiger partial charge < -0.3 is 15.5 Å². The van der Waals surface area contributed by atoms with Gasteiger partial charge in [0.1, 0.15) is 0 Å². The van der Waals surface area contributed by atoms with Gasteiger partial charge in [-0.3, -0.25) is 9.59 Å². The first-order valence-electron chi connectivity index (χ1n) is 7.63. The van der Waals surface area contributed by atoms with Crippen LogP contribution in [0.3, 0.4) is 0 Å². The SMILES string of the molecule is CCN(CC1CCCN1)C(=O)c1ccc2c(c1)CC(=O)N2. The fourth-order valence-electron chi connectivity index (χ4n) is 3.08. The van der Waals surface area contributed by atoms with E-state index in [1.165, 1.54) is 6.42 Å². The fraction of sp³-hybridized carbons (Fsp3) is 0.500. The summed E-state index contributed by atoms with van der Waals surface area (Å²) in [4.78, 5) is 25.9. The second kappa shape index (κ2) is 5.85. The van der Waals surface area contributed by atoms with Gasteiger partial charge in [0.25, 0.3) is 5.91 Å². The predicted molar refractivity (Wildman–Crippen MR) is 81.4 cm³/mol. The van der Waals surface area contributed by atoms with Crippen LogP contribution in [-0.2, 0) is 11.2 Å². The number of amides is 2. The van der Waals surface area contributed by atoms with E-state index in [4.69, 9.17) is 0 Å². The maximum atomic E-state index is 12.6. The molecule has 0 aromatic heterocycles. The van der Waals surface area contributed by atoms with Crippen molar-refractivity contribution in [2.75, 3.05) is 25.0 Å². The lowest BCUT2D eigenvalue weighted by Gasteiger charge is -2.24. The van der Waals surface area contributed by atoms with Crippen LogP contribution in [0.25, 0.3) is 0 Å². The highest BCUT2D eigenvalue weighted by Crippen LogP contribution is 2.24. The van der Waals surface area contributed by atoms with Crippen molar-refractivity contribution < 1.29 is 9.59 Å². The number of carbonyl (C=O) groups is 2. The molecule has 112 valence electrons. The van der Waals surface area contributed by atoms with Gasteiger partial charge in [-0.15, -0.1) is 0 Å². The lowest BCUT2D eigenvalue weighted by molar-refractivity contribution is -0.115. The van der Waals surface area contributed by atoms with Crippen LogP contribution in [0.15, 0.2) is 18.2 Å². The Morgan fingerprint density at radius 2 is 2.29 bits per heavy atom. The van der Waals surface area contributed by atoms with Crippen LogP contribution in [-0.4, -0.2) is 42.4 Å². The zero-order valence-corrected chi connectivity index (χ0v) is 12.3. The summed E-state index contributed by atoms with van der Waals surface area (Å²) in [6, 6.07) is 5.89. The molecule has 5 heteroatoms. The van der Waals surface area contributed by atoms with E-state index in [2.05, 4.69) is 10.6 Å². The van der Waals surface area contributed by atoms with Gasteiger partial charge in [-0.05, 0) is 50.1 Å². The molecule has 0 spiro atoms. The quantitative estimate of drug-likeness (QED) is 0.880. The number of likely N-dealkylation sites (N-methyl/N-ethyl adjacent to an activating group) is 1. The summed E-state index contributed by atoms with van der Waals surface area (Å²) in [5.41, 5.74) is 2.42. The number of carbonyl (C=O) groups excluding carboxylic acids is 2. The van der Waals surface area contributed by atoms with Gasteiger partial charge in [0.05, 0.1) is 6.42 Å². The number of nitrogens with one attached hydrogen (secondary N) is 2. The van der Waals surface area contributed by atoms with Gasteiger partial charge in [0, 0.05) is 30.4 Å². The van der Waals surface area contributed by atoms with Crippen molar-refractivity contribution in [1.29, 1.82) is 0 Å². The van der Waals surface area contributed by atoms with Gasteiger partial charge in [-0.25, -0.2) is 0 Å². The van der Waals surface area contributed by atoms with Crippen molar-refractivity contribution in [1.82, 2.24) is 10.2 Å². The summed E-state index contributed by atoms with van der Waals surface area (Å²) in [5.74, 6) is 0.0467. The molecule has 0 radical (unpaired) electrons. The van der Waals surface area contributed by atoms with Crippen molar-refractivity contribution in [3.63, 3.8) is 0 Å². The number of nitrogens with zero attached hydrogens (tertiary/aromatic N) is 1. The molecule has 2 aliphatic rings. The van der Waals surface area contributed by atoms with Crippen LogP contribution in [0.4, 0.5) is 5.69 Å². The molecule has 5 nitrogen and oxygen atoms in total. The molecule has 21 heavy (non-hydrogen) atoms. The van der Waals surface area contributed by atoms with E-state index in [9.17, 15) is 9.59 Å². The molecule has 1 fully saturated rings. The highest BCUT2D eigenvalue weighted by molar-refractivity contribution is 6.01. The Morgan fingerprint density at radius 3 is 3.00 bits per heavy atom. The Morgan fingerprint density at radius 1 is 1.43 bits per heavy atom. The average molecular weight is 287 g/mol. The van der Waals surface area contributed by atoms with Gasteiger partial charge in [-0.1, -0.05) is 0 Å². The molecular weight excluding hydrogens is 266 g/mol. The van der Waals surface area contributed by atoms with Gasteiger partial charge in [-0.2, -0.15) is 0 Å². The van der Waals surface area contributed by atoms with Crippen LogP contribution in [0.5, 0.6) is 0 Å². The van der Waals surface area contributed by atoms with Gasteiger partial charge in [0.2, 0.25) is 5.91 Å². The summed E-state index contributed by atoms with van der Waals surface area (Å²) in [6.07, 6.45) is 2.68. The zero-order chi connectivity index (χ0) is 14.8. The third kappa shape index (κ3) is 2.93. The van der Waals surface area contributed by atoms with E-state index < -0.39 is 0 Å². The van der Waals surface area contributed by atoms with Crippen molar-refractivity contribution in [2.24, 2.45) is 0 Å². The second-order valence-corrected chi connectivity index (χ2v) is 5.73. The van der Waals surface area contributed by atoms with Crippen LogP contribution < -0.4 is 10.6 Å². The first kappa shape index (κ1) is 14.1. The number of rotatable bonds is 4. The standard InChI is InChI=1S/C16H21N3O2/c1-2-19(10-13-4-3-7-17-13)16(21)11-5-6-14-12(8-11)9-15(20)18-14/h5-6,8,13,17H,2-4,7,9-10H2,1H3,(H,18,20). The molecule has 1 atom stereocenters. The van der Waals surface area contributed by atoms with Crippen molar-refractivity contribution in [2.45, 2.75) is 32.2 Å². The molecule has 0 bridgehead atoms. The molecule has 0 aliphatic carbocycles. The minimum Gasteiger partial charge on any atom is -0.337 e. The summed E-state index contributed by atoms with van der Waals surface area (Å²) in [5, 5.41) is 6.22. The van der Waals surface area contributed by atoms with Crippen molar-refractivity contribution in [3.8, 4) is 0 Å². The van der Waals surface area contributed by atoms with Crippen LogP contribution in [0.1, 0.15) is 35.7 Å². The Labute approximate surface area is 124 Å². The third-order valence-corrected chi connectivity index (χ3v) is 4.25. The van der Waals surface area contributed by atoms with E-state index >= 15 is 0 Å². The van der Waals surface area contributed by atoms with E-state index in [0.29, 0.717) is 24.6 Å². The molecule has 1 aromatic carbocycles. The maximum Gasteiger partial charge on any atom is 0.253 e. The monoisotopic (exact) mass is 287 g/mol. The minimum atomic E-state index is -0.00268. The maximum absolute atomic E-state index is 12.6. The largest absolute Gasteiger partial charge is 0.337 e. The van der Waals surface area contributed by atoms with Crippen LogP contribution in [0, 0.1) is 0 Å². The molecule has 1 saturated heterocycles.